The topological polar surface area (TPSA) is 25.2 Å². The molecule has 2 rings (SSSR count). The van der Waals surface area contributed by atoms with Gasteiger partial charge in [0, 0.05) is 6.54 Å². The van der Waals surface area contributed by atoms with Crippen LogP contribution in [-0.4, -0.2) is 0 Å². The van der Waals surface area contributed by atoms with Gasteiger partial charge in [-0.2, -0.15) is 0 Å². The highest BCUT2D eigenvalue weighted by Gasteiger charge is 2.06. The van der Waals surface area contributed by atoms with Crippen molar-refractivity contribution in [3.63, 3.8) is 0 Å². The normalized spacial score (nSPS) is 12.6. The Kier molecular flexibility index (Phi) is 3.37. The van der Waals surface area contributed by atoms with E-state index in [-0.39, 0.29) is 11.9 Å². The van der Waals surface area contributed by atoms with Crippen molar-refractivity contribution in [3.8, 4) is 0 Å². The van der Waals surface area contributed by atoms with Crippen molar-refractivity contribution < 1.29 is 8.81 Å². The fraction of sp³-hybridized carbons (Fsp3) is 0.231. The Labute approximate surface area is 94.1 Å². The van der Waals surface area contributed by atoms with E-state index in [1.165, 1.54) is 12.1 Å². The first-order valence-electron chi connectivity index (χ1n) is 5.27. The van der Waals surface area contributed by atoms with E-state index in [0.29, 0.717) is 6.54 Å². The van der Waals surface area contributed by atoms with Crippen LogP contribution in [0.3, 0.4) is 0 Å². The largest absolute Gasteiger partial charge is 0.468 e. The minimum absolute atomic E-state index is 0.153. The smallest absolute Gasteiger partial charge is 0.123 e. The molecule has 1 heterocycles. The third kappa shape index (κ3) is 2.70. The minimum atomic E-state index is -0.206. The molecule has 0 saturated carbocycles. The molecule has 0 amide bonds. The van der Waals surface area contributed by atoms with Gasteiger partial charge in [0.2, 0.25) is 0 Å². The lowest BCUT2D eigenvalue weighted by atomic mass is 10.2. The Morgan fingerprint density at radius 1 is 1.25 bits per heavy atom. The van der Waals surface area contributed by atoms with Gasteiger partial charge in [-0.15, -0.1) is 0 Å². The molecule has 0 aliphatic carbocycles. The molecule has 1 N–H and O–H groups in total. The summed E-state index contributed by atoms with van der Waals surface area (Å²) in [6, 6.07) is 10.4. The first-order valence-corrected chi connectivity index (χ1v) is 5.27. The molecule has 0 spiro atoms. The summed E-state index contributed by atoms with van der Waals surface area (Å²) < 4.78 is 18.0. The van der Waals surface area contributed by atoms with E-state index >= 15 is 0 Å². The summed E-state index contributed by atoms with van der Waals surface area (Å²) in [5.41, 5.74) is 1.06. The Hall–Kier alpha value is -1.61. The second-order valence-corrected chi connectivity index (χ2v) is 3.74. The van der Waals surface area contributed by atoms with Crippen LogP contribution in [0.2, 0.25) is 0 Å². The molecule has 0 radical (unpaired) electrons. The highest BCUT2D eigenvalue weighted by molar-refractivity contribution is 5.16. The predicted molar refractivity (Wildman–Crippen MR) is 60.4 cm³/mol. The van der Waals surface area contributed by atoms with E-state index in [1.807, 2.05) is 19.1 Å². The molecule has 0 fully saturated rings. The zero-order chi connectivity index (χ0) is 11.4. The van der Waals surface area contributed by atoms with E-state index < -0.39 is 0 Å². The van der Waals surface area contributed by atoms with Gasteiger partial charge in [-0.05, 0) is 36.8 Å². The van der Waals surface area contributed by atoms with Crippen molar-refractivity contribution >= 4 is 0 Å². The molecule has 1 aromatic heterocycles. The monoisotopic (exact) mass is 219 g/mol. The molecule has 3 heteroatoms. The molecule has 16 heavy (non-hydrogen) atoms. The Balaban J connectivity index is 1.90. The molecule has 84 valence electrons. The molecule has 0 aliphatic rings. The number of hydrogen-bond acceptors (Lipinski definition) is 2. The molecular weight excluding hydrogens is 205 g/mol. The van der Waals surface area contributed by atoms with Crippen LogP contribution in [0.15, 0.2) is 47.1 Å². The molecule has 1 atom stereocenters. The third-order valence-corrected chi connectivity index (χ3v) is 2.50. The molecule has 0 aliphatic heterocycles. The van der Waals surface area contributed by atoms with Crippen LogP contribution in [0.25, 0.3) is 0 Å². The lowest BCUT2D eigenvalue weighted by Gasteiger charge is -2.11. The number of hydrogen-bond donors (Lipinski definition) is 1. The predicted octanol–water partition coefficient (Wildman–Crippen LogP) is 3.27. The van der Waals surface area contributed by atoms with Crippen LogP contribution in [0.4, 0.5) is 4.39 Å². The zero-order valence-corrected chi connectivity index (χ0v) is 9.11. The lowest BCUT2D eigenvalue weighted by Crippen LogP contribution is -2.17. The van der Waals surface area contributed by atoms with Crippen molar-refractivity contribution in [1.29, 1.82) is 0 Å². The average Bonchev–Trinajstić information content (AvgIpc) is 2.81. The molecule has 2 nitrogen and oxygen atoms in total. The number of benzene rings is 1. The molecule has 1 aromatic carbocycles. The maximum Gasteiger partial charge on any atom is 0.123 e. The summed E-state index contributed by atoms with van der Waals surface area (Å²) in [5, 5.41) is 3.30. The van der Waals surface area contributed by atoms with Gasteiger partial charge in [0.25, 0.3) is 0 Å². The van der Waals surface area contributed by atoms with Crippen LogP contribution in [-0.2, 0) is 6.54 Å². The van der Waals surface area contributed by atoms with Crippen LogP contribution < -0.4 is 5.32 Å². The van der Waals surface area contributed by atoms with Crippen LogP contribution in [0.1, 0.15) is 24.3 Å². The minimum Gasteiger partial charge on any atom is -0.468 e. The first-order chi connectivity index (χ1) is 7.75. The van der Waals surface area contributed by atoms with Crippen LogP contribution in [0.5, 0.6) is 0 Å². The van der Waals surface area contributed by atoms with Crippen LogP contribution in [0, 0.1) is 5.82 Å². The van der Waals surface area contributed by atoms with E-state index in [2.05, 4.69) is 5.32 Å². The molecular formula is C13H14FNO. The lowest BCUT2D eigenvalue weighted by molar-refractivity contribution is 0.430. The number of furan rings is 1. The van der Waals surface area contributed by atoms with Gasteiger partial charge < -0.3 is 9.73 Å². The standard InChI is InChI=1S/C13H14FNO/c1-10(13-3-2-8-16-13)15-9-11-4-6-12(14)7-5-11/h2-8,10,15H,9H2,1H3/t10-/m0/s1. The average molecular weight is 219 g/mol. The highest BCUT2D eigenvalue weighted by atomic mass is 19.1. The Morgan fingerprint density at radius 2 is 2.00 bits per heavy atom. The Morgan fingerprint density at radius 3 is 2.62 bits per heavy atom. The van der Waals surface area contributed by atoms with E-state index in [4.69, 9.17) is 4.42 Å². The fourth-order valence-electron chi connectivity index (χ4n) is 1.51. The molecule has 0 bridgehead atoms. The van der Waals surface area contributed by atoms with Gasteiger partial charge in [0.15, 0.2) is 0 Å². The van der Waals surface area contributed by atoms with Crippen molar-refractivity contribution in [2.24, 2.45) is 0 Å². The fourth-order valence-corrected chi connectivity index (χ4v) is 1.51. The molecule has 0 unspecified atom stereocenters. The second kappa shape index (κ2) is 4.94. The van der Waals surface area contributed by atoms with Crippen molar-refractivity contribution in [3.05, 3.63) is 59.8 Å². The maximum atomic E-state index is 12.7. The van der Waals surface area contributed by atoms with E-state index in [9.17, 15) is 4.39 Å². The maximum absolute atomic E-state index is 12.7. The quantitative estimate of drug-likeness (QED) is 0.853. The summed E-state index contributed by atoms with van der Waals surface area (Å²) in [4.78, 5) is 0. The Bertz CT molecular complexity index is 422. The third-order valence-electron chi connectivity index (χ3n) is 2.50. The van der Waals surface area contributed by atoms with Gasteiger partial charge in [-0.3, -0.25) is 0 Å². The summed E-state index contributed by atoms with van der Waals surface area (Å²) in [6.07, 6.45) is 1.66. The molecule has 0 saturated heterocycles. The van der Waals surface area contributed by atoms with E-state index in [1.54, 1.807) is 18.4 Å². The number of rotatable bonds is 4. The highest BCUT2D eigenvalue weighted by Crippen LogP contribution is 2.13. The van der Waals surface area contributed by atoms with Crippen LogP contribution >= 0.6 is 0 Å². The van der Waals surface area contributed by atoms with Gasteiger partial charge >= 0.3 is 0 Å². The van der Waals surface area contributed by atoms with E-state index in [0.717, 1.165) is 11.3 Å². The van der Waals surface area contributed by atoms with Gasteiger partial charge in [0.05, 0.1) is 12.3 Å². The second-order valence-electron chi connectivity index (χ2n) is 3.74. The van der Waals surface area contributed by atoms with Gasteiger partial charge in [-0.25, -0.2) is 4.39 Å². The SMILES string of the molecule is C[C@H](NCc1ccc(F)cc1)c1ccco1. The summed E-state index contributed by atoms with van der Waals surface area (Å²) in [7, 11) is 0. The van der Waals surface area contributed by atoms with Crippen molar-refractivity contribution in [1.82, 2.24) is 5.32 Å². The number of nitrogens with one attached hydrogen (secondary N) is 1. The van der Waals surface area contributed by atoms with Crippen molar-refractivity contribution in [2.75, 3.05) is 0 Å². The van der Waals surface area contributed by atoms with Gasteiger partial charge in [-0.1, -0.05) is 12.1 Å². The summed E-state index contributed by atoms with van der Waals surface area (Å²) in [6.45, 7) is 2.73. The zero-order valence-electron chi connectivity index (χ0n) is 9.11. The number of halogens is 1. The van der Waals surface area contributed by atoms with Gasteiger partial charge in [0.1, 0.15) is 11.6 Å². The summed E-state index contributed by atoms with van der Waals surface area (Å²) in [5.74, 6) is 0.699. The van der Waals surface area contributed by atoms with Crippen molar-refractivity contribution in [2.45, 2.75) is 19.5 Å². The first kappa shape index (κ1) is 10.9. The summed E-state index contributed by atoms with van der Waals surface area (Å²) >= 11 is 0. The molecule has 2 aromatic rings.